The van der Waals surface area contributed by atoms with Crippen LogP contribution < -0.4 is 11.5 Å². The minimum absolute atomic E-state index is 0.0147. The van der Waals surface area contributed by atoms with Crippen LogP contribution in [0.25, 0.3) is 0 Å². The zero-order chi connectivity index (χ0) is 26.8. The number of hydrogen-bond acceptors (Lipinski definition) is 10. The molecule has 0 aliphatic carbocycles. The van der Waals surface area contributed by atoms with Gasteiger partial charge in [-0.2, -0.15) is 4.99 Å². The lowest BCUT2D eigenvalue weighted by molar-refractivity contribution is -0.402. The molecule has 0 aliphatic rings. The SMILES string of the molecule is COC(COPOCc1ccc([N+](=O)[O-])o1)CC(O)N(C)/C=C\C(N)=NC=O.NCc1ccccc1. The van der Waals surface area contributed by atoms with Crippen LogP contribution in [0.15, 0.2) is 64.2 Å². The first-order valence-corrected chi connectivity index (χ1v) is 11.5. The van der Waals surface area contributed by atoms with E-state index < -0.39 is 17.3 Å². The molecule has 1 aromatic carbocycles. The van der Waals surface area contributed by atoms with Crippen LogP contribution in [-0.4, -0.2) is 60.3 Å². The first-order valence-electron chi connectivity index (χ1n) is 10.6. The number of amidine groups is 1. The molecule has 0 aliphatic heterocycles. The van der Waals surface area contributed by atoms with Gasteiger partial charge in [-0.1, -0.05) is 30.3 Å². The number of aliphatic hydroxyl groups is 1. The first-order chi connectivity index (χ1) is 17.3. The maximum atomic E-state index is 10.5. The van der Waals surface area contributed by atoms with E-state index in [-0.39, 0.29) is 40.4 Å². The molecule has 0 spiro atoms. The van der Waals surface area contributed by atoms with Crippen molar-refractivity contribution in [1.82, 2.24) is 4.90 Å². The van der Waals surface area contributed by atoms with E-state index in [1.807, 2.05) is 30.3 Å². The van der Waals surface area contributed by atoms with Crippen molar-refractivity contribution >= 4 is 27.2 Å². The quantitative estimate of drug-likeness (QED) is 0.0451. The standard InChI is InChI=1S/C15H23N4O8P.C7H9N/c1-18(6-5-13(16)17-10-20)14(21)7-12(24-2)9-26-28-25-8-11-3-4-15(27-11)19(22)23;8-6-7-4-2-1-3-5-7/h3-6,10,12,14,21,28H,7-9H2,1-2H3,(H2,16,17,20);1-5H,6,8H2/b6-5-;. The zero-order valence-electron chi connectivity index (χ0n) is 20.1. The smallest absolute Gasteiger partial charge is 0.403 e. The van der Waals surface area contributed by atoms with E-state index in [0.29, 0.717) is 18.7 Å². The molecule has 13 nitrogen and oxygen atoms in total. The molecule has 2 rings (SSSR count). The molecule has 3 atom stereocenters. The van der Waals surface area contributed by atoms with E-state index in [1.165, 1.54) is 42.0 Å². The Labute approximate surface area is 210 Å². The molecule has 0 radical (unpaired) electrons. The maximum absolute atomic E-state index is 10.5. The average Bonchev–Trinajstić information content (AvgIpc) is 3.36. The highest BCUT2D eigenvalue weighted by Gasteiger charge is 2.17. The number of ether oxygens (including phenoxy) is 1. The van der Waals surface area contributed by atoms with E-state index in [4.69, 9.17) is 29.7 Å². The van der Waals surface area contributed by atoms with Crippen molar-refractivity contribution in [3.8, 4) is 0 Å². The first kappa shape index (κ1) is 30.8. The number of nitro groups is 1. The molecule has 2 aromatic rings. The number of methoxy groups -OCH3 is 1. The summed E-state index contributed by atoms with van der Waals surface area (Å²) in [6.45, 7) is 0.835. The Morgan fingerprint density at radius 3 is 2.58 bits per heavy atom. The summed E-state index contributed by atoms with van der Waals surface area (Å²) in [6.07, 6.45) is 2.12. The molecule has 5 N–H and O–H groups in total. The van der Waals surface area contributed by atoms with Crippen molar-refractivity contribution in [2.75, 3.05) is 20.8 Å². The summed E-state index contributed by atoms with van der Waals surface area (Å²) in [4.78, 5) is 24.9. The van der Waals surface area contributed by atoms with Gasteiger partial charge in [-0.3, -0.25) is 14.9 Å². The van der Waals surface area contributed by atoms with E-state index in [9.17, 15) is 20.0 Å². The van der Waals surface area contributed by atoms with Crippen LogP contribution in [0.5, 0.6) is 0 Å². The molecule has 0 saturated heterocycles. The van der Waals surface area contributed by atoms with E-state index in [2.05, 4.69) is 4.99 Å². The van der Waals surface area contributed by atoms with Crippen molar-refractivity contribution in [3.63, 3.8) is 0 Å². The molecule has 1 amide bonds. The Balaban J connectivity index is 0.000000681. The van der Waals surface area contributed by atoms with Gasteiger partial charge in [0, 0.05) is 33.3 Å². The van der Waals surface area contributed by atoms with E-state index in [1.54, 1.807) is 7.05 Å². The third-order valence-corrected chi connectivity index (χ3v) is 5.01. The molecule has 14 heteroatoms. The lowest BCUT2D eigenvalue weighted by atomic mass is 10.2. The van der Waals surface area contributed by atoms with Gasteiger partial charge in [0.05, 0.1) is 18.8 Å². The largest absolute Gasteiger partial charge is 0.433 e. The normalized spacial score (nSPS) is 13.4. The van der Waals surface area contributed by atoms with Crippen molar-refractivity contribution < 1.29 is 33.0 Å². The monoisotopic (exact) mass is 525 g/mol. The summed E-state index contributed by atoms with van der Waals surface area (Å²) in [5.41, 5.74) is 12.0. The Kier molecular flexibility index (Phi) is 15.5. The fraction of sp³-hybridized carbons (Fsp3) is 0.364. The number of carbonyl (C=O) groups is 1. The molecule has 198 valence electrons. The van der Waals surface area contributed by atoms with Crippen LogP contribution >= 0.6 is 9.03 Å². The molecule has 3 unspecified atom stereocenters. The van der Waals surface area contributed by atoms with Gasteiger partial charge in [-0.15, -0.1) is 0 Å². The van der Waals surface area contributed by atoms with Gasteiger partial charge in [0.2, 0.25) is 6.41 Å². The van der Waals surface area contributed by atoms with Crippen LogP contribution in [0.1, 0.15) is 17.7 Å². The summed E-state index contributed by atoms with van der Waals surface area (Å²) >= 11 is 0. The number of benzene rings is 1. The third kappa shape index (κ3) is 13.0. The Hall–Kier alpha value is -3.19. The second kappa shape index (κ2) is 18.1. The molecule has 1 heterocycles. The molecule has 0 bridgehead atoms. The van der Waals surface area contributed by atoms with Crippen molar-refractivity contribution in [3.05, 3.63) is 76.2 Å². The second-order valence-corrected chi connectivity index (χ2v) is 7.83. The van der Waals surface area contributed by atoms with Crippen LogP contribution in [-0.2, 0) is 31.7 Å². The molecular weight excluding hydrogens is 493 g/mol. The zero-order valence-corrected chi connectivity index (χ0v) is 21.1. The lowest BCUT2D eigenvalue weighted by Gasteiger charge is -2.25. The van der Waals surface area contributed by atoms with Crippen molar-refractivity contribution in [2.45, 2.75) is 31.9 Å². The number of nitrogens with zero attached hydrogens (tertiary/aromatic N) is 3. The highest BCUT2D eigenvalue weighted by molar-refractivity contribution is 7.26. The van der Waals surface area contributed by atoms with Gasteiger partial charge in [0.15, 0.2) is 9.03 Å². The average molecular weight is 525 g/mol. The van der Waals surface area contributed by atoms with Gasteiger partial charge in [0.1, 0.15) is 29.4 Å². The van der Waals surface area contributed by atoms with Gasteiger partial charge >= 0.3 is 5.88 Å². The maximum Gasteiger partial charge on any atom is 0.433 e. The molecule has 1 aromatic heterocycles. The second-order valence-electron chi connectivity index (χ2n) is 7.08. The summed E-state index contributed by atoms with van der Waals surface area (Å²) in [5.74, 6) is -0.0260. The Bertz CT molecular complexity index is 957. The number of carbonyl (C=O) groups excluding carboxylic acids is 1. The van der Waals surface area contributed by atoms with Crippen LogP contribution in [0.3, 0.4) is 0 Å². The topological polar surface area (TPSA) is 189 Å². The summed E-state index contributed by atoms with van der Waals surface area (Å²) in [7, 11) is 2.77. The minimum atomic E-state index is -0.887. The number of furan rings is 1. The third-order valence-electron chi connectivity index (χ3n) is 4.47. The fourth-order valence-corrected chi connectivity index (χ4v) is 2.99. The fourth-order valence-electron chi connectivity index (χ4n) is 2.46. The Morgan fingerprint density at radius 1 is 1.31 bits per heavy atom. The van der Waals surface area contributed by atoms with Crippen molar-refractivity contribution in [2.24, 2.45) is 16.5 Å². The van der Waals surface area contributed by atoms with Crippen LogP contribution in [0, 0.1) is 10.1 Å². The molecule has 0 saturated carbocycles. The number of nitrogens with two attached hydrogens (primary N) is 2. The number of aliphatic imine (C=N–C) groups is 1. The minimum Gasteiger partial charge on any atom is -0.403 e. The van der Waals surface area contributed by atoms with Gasteiger partial charge in [-0.25, -0.2) is 0 Å². The highest BCUT2D eigenvalue weighted by atomic mass is 31.1. The summed E-state index contributed by atoms with van der Waals surface area (Å²) in [6, 6.07) is 12.7. The molecule has 0 fully saturated rings. The van der Waals surface area contributed by atoms with Crippen LogP contribution in [0.2, 0.25) is 0 Å². The summed E-state index contributed by atoms with van der Waals surface area (Å²) in [5, 5.41) is 20.7. The van der Waals surface area contributed by atoms with Crippen LogP contribution in [0.4, 0.5) is 5.88 Å². The number of amides is 1. The van der Waals surface area contributed by atoms with Gasteiger partial charge < -0.3 is 39.7 Å². The predicted octanol–water partition coefficient (Wildman–Crippen LogP) is 2.06. The number of aliphatic hydroxyl groups excluding tert-OH is 1. The molecule has 36 heavy (non-hydrogen) atoms. The Morgan fingerprint density at radius 2 is 2.03 bits per heavy atom. The summed E-state index contributed by atoms with van der Waals surface area (Å²) < 4.78 is 20.8. The van der Waals surface area contributed by atoms with Gasteiger partial charge in [0.25, 0.3) is 0 Å². The number of rotatable bonds is 15. The van der Waals surface area contributed by atoms with Crippen molar-refractivity contribution in [1.29, 1.82) is 0 Å². The highest BCUT2D eigenvalue weighted by Crippen LogP contribution is 2.22. The molecular formula is C22H32N5O8P. The van der Waals surface area contributed by atoms with E-state index >= 15 is 0 Å². The van der Waals surface area contributed by atoms with E-state index in [0.717, 1.165) is 0 Å². The predicted molar refractivity (Wildman–Crippen MR) is 135 cm³/mol. The lowest BCUT2D eigenvalue weighted by Crippen LogP contribution is -2.33. The van der Waals surface area contributed by atoms with Gasteiger partial charge in [-0.05, 0) is 17.7 Å². The number of hydrogen-bond donors (Lipinski definition) is 3.